The Morgan fingerprint density at radius 2 is 2.20 bits per heavy atom. The van der Waals surface area contributed by atoms with Crippen molar-refractivity contribution in [1.29, 1.82) is 0 Å². The molecule has 20 heavy (non-hydrogen) atoms. The SMILES string of the molecule is Nc1nc2ccc(NCc3cccnc3)cc2c(=O)[nH]1. The molecule has 0 aliphatic heterocycles. The number of fused-ring (bicyclic) bond motifs is 1. The summed E-state index contributed by atoms with van der Waals surface area (Å²) in [6, 6.07) is 9.26. The monoisotopic (exact) mass is 267 g/mol. The molecule has 6 heteroatoms. The minimum Gasteiger partial charge on any atom is -0.381 e. The van der Waals surface area contributed by atoms with Gasteiger partial charge in [-0.05, 0) is 29.8 Å². The molecule has 6 nitrogen and oxygen atoms in total. The molecule has 2 heterocycles. The number of aromatic nitrogens is 3. The second-order valence-corrected chi connectivity index (χ2v) is 4.40. The molecule has 0 saturated heterocycles. The number of pyridine rings is 1. The Morgan fingerprint density at radius 1 is 1.30 bits per heavy atom. The number of nitrogen functional groups attached to an aromatic ring is 1. The van der Waals surface area contributed by atoms with Crippen LogP contribution in [0.2, 0.25) is 0 Å². The highest BCUT2D eigenvalue weighted by molar-refractivity contribution is 5.82. The minimum absolute atomic E-state index is 0.124. The fraction of sp³-hybridized carbons (Fsp3) is 0.0714. The van der Waals surface area contributed by atoms with Gasteiger partial charge in [-0.15, -0.1) is 0 Å². The highest BCUT2D eigenvalue weighted by atomic mass is 16.1. The van der Waals surface area contributed by atoms with Gasteiger partial charge in [0.15, 0.2) is 0 Å². The van der Waals surface area contributed by atoms with E-state index in [1.807, 2.05) is 18.2 Å². The normalized spacial score (nSPS) is 10.6. The Hall–Kier alpha value is -2.89. The van der Waals surface area contributed by atoms with Gasteiger partial charge >= 0.3 is 0 Å². The number of nitrogens with zero attached hydrogens (tertiary/aromatic N) is 2. The van der Waals surface area contributed by atoms with Crippen LogP contribution >= 0.6 is 0 Å². The summed E-state index contributed by atoms with van der Waals surface area (Å²) in [4.78, 5) is 22.4. The van der Waals surface area contributed by atoms with E-state index < -0.39 is 0 Å². The van der Waals surface area contributed by atoms with Crippen LogP contribution in [0.4, 0.5) is 11.6 Å². The fourth-order valence-electron chi connectivity index (χ4n) is 1.97. The largest absolute Gasteiger partial charge is 0.381 e. The third kappa shape index (κ3) is 2.44. The number of rotatable bonds is 3. The predicted octanol–water partition coefficient (Wildman–Crippen LogP) is 1.51. The molecule has 0 fully saturated rings. The summed E-state index contributed by atoms with van der Waals surface area (Å²) < 4.78 is 0. The standard InChI is InChI=1S/C14H13N5O/c15-14-18-12-4-3-10(6-11(12)13(20)19-14)17-8-9-2-1-5-16-7-9/h1-7,17H,8H2,(H3,15,18,19,20). The van der Waals surface area contributed by atoms with Crippen molar-refractivity contribution in [2.24, 2.45) is 0 Å². The van der Waals surface area contributed by atoms with Crippen LogP contribution in [-0.2, 0) is 6.54 Å². The highest BCUT2D eigenvalue weighted by Crippen LogP contribution is 2.15. The number of nitrogens with two attached hydrogens (primary N) is 1. The summed E-state index contributed by atoms with van der Waals surface area (Å²) in [7, 11) is 0. The third-order valence-corrected chi connectivity index (χ3v) is 2.94. The van der Waals surface area contributed by atoms with Crippen LogP contribution in [0.25, 0.3) is 10.9 Å². The van der Waals surface area contributed by atoms with Gasteiger partial charge in [0.05, 0.1) is 10.9 Å². The lowest BCUT2D eigenvalue weighted by Gasteiger charge is -2.07. The molecule has 0 spiro atoms. The average Bonchev–Trinajstić information content (AvgIpc) is 2.46. The van der Waals surface area contributed by atoms with Gasteiger partial charge in [0.2, 0.25) is 5.95 Å². The van der Waals surface area contributed by atoms with Crippen molar-refractivity contribution >= 4 is 22.5 Å². The van der Waals surface area contributed by atoms with Crippen molar-refractivity contribution in [2.75, 3.05) is 11.1 Å². The molecule has 100 valence electrons. The van der Waals surface area contributed by atoms with Crippen molar-refractivity contribution < 1.29 is 0 Å². The van der Waals surface area contributed by atoms with Gasteiger partial charge in [0.1, 0.15) is 0 Å². The summed E-state index contributed by atoms with van der Waals surface area (Å²) >= 11 is 0. The van der Waals surface area contributed by atoms with Crippen LogP contribution in [0.15, 0.2) is 47.5 Å². The van der Waals surface area contributed by atoms with E-state index >= 15 is 0 Å². The van der Waals surface area contributed by atoms with Gasteiger partial charge in [0.25, 0.3) is 5.56 Å². The first-order valence-corrected chi connectivity index (χ1v) is 6.15. The van der Waals surface area contributed by atoms with Gasteiger partial charge in [-0.3, -0.25) is 14.8 Å². The molecule has 0 aliphatic carbocycles. The van der Waals surface area contributed by atoms with Crippen LogP contribution in [-0.4, -0.2) is 15.0 Å². The number of benzene rings is 1. The Balaban J connectivity index is 1.88. The Kier molecular flexibility index (Phi) is 3.04. The summed E-state index contributed by atoms with van der Waals surface area (Å²) in [5.74, 6) is 0.124. The number of hydrogen-bond donors (Lipinski definition) is 3. The summed E-state index contributed by atoms with van der Waals surface area (Å²) in [6.07, 6.45) is 3.53. The van der Waals surface area contributed by atoms with Crippen LogP contribution in [0.3, 0.4) is 0 Å². The molecular formula is C14H13N5O. The maximum atomic E-state index is 11.8. The number of anilines is 2. The molecule has 0 bridgehead atoms. The second kappa shape index (κ2) is 5.00. The van der Waals surface area contributed by atoms with E-state index in [1.54, 1.807) is 24.5 Å². The summed E-state index contributed by atoms with van der Waals surface area (Å²) in [6.45, 7) is 0.639. The third-order valence-electron chi connectivity index (χ3n) is 2.94. The number of nitrogens with one attached hydrogen (secondary N) is 2. The first-order chi connectivity index (χ1) is 9.72. The molecule has 1 aromatic carbocycles. The van der Waals surface area contributed by atoms with Crippen LogP contribution in [0.5, 0.6) is 0 Å². The molecule has 2 aromatic heterocycles. The zero-order valence-corrected chi connectivity index (χ0v) is 10.6. The van der Waals surface area contributed by atoms with E-state index in [-0.39, 0.29) is 11.5 Å². The Morgan fingerprint density at radius 3 is 3.00 bits per heavy atom. The molecule has 4 N–H and O–H groups in total. The van der Waals surface area contributed by atoms with Gasteiger partial charge in [0, 0.05) is 24.6 Å². The maximum absolute atomic E-state index is 11.8. The lowest BCUT2D eigenvalue weighted by Crippen LogP contribution is -2.11. The molecule has 0 aliphatic rings. The van der Waals surface area contributed by atoms with Crippen LogP contribution < -0.4 is 16.6 Å². The topological polar surface area (TPSA) is 96.7 Å². The van der Waals surface area contributed by atoms with Crippen LogP contribution in [0.1, 0.15) is 5.56 Å². The lowest BCUT2D eigenvalue weighted by molar-refractivity contribution is 1.11. The second-order valence-electron chi connectivity index (χ2n) is 4.40. The molecule has 0 saturated carbocycles. The highest BCUT2D eigenvalue weighted by Gasteiger charge is 2.03. The molecule has 3 rings (SSSR count). The van der Waals surface area contributed by atoms with Gasteiger partial charge < -0.3 is 11.1 Å². The molecule has 0 unspecified atom stereocenters. The summed E-state index contributed by atoms with van der Waals surface area (Å²) in [5, 5.41) is 3.75. The van der Waals surface area contributed by atoms with E-state index in [0.29, 0.717) is 17.4 Å². The average molecular weight is 267 g/mol. The number of aromatic amines is 1. The van der Waals surface area contributed by atoms with Gasteiger partial charge in [-0.1, -0.05) is 6.07 Å². The zero-order chi connectivity index (χ0) is 13.9. The summed E-state index contributed by atoms with van der Waals surface area (Å²) in [5.41, 5.74) is 7.76. The predicted molar refractivity (Wildman–Crippen MR) is 78.3 cm³/mol. The fourth-order valence-corrected chi connectivity index (χ4v) is 1.97. The van der Waals surface area contributed by atoms with Crippen molar-refractivity contribution in [3.8, 4) is 0 Å². The van der Waals surface area contributed by atoms with E-state index in [4.69, 9.17) is 5.73 Å². The zero-order valence-electron chi connectivity index (χ0n) is 10.6. The first kappa shape index (κ1) is 12.2. The molecule has 0 radical (unpaired) electrons. The van der Waals surface area contributed by atoms with Gasteiger partial charge in [-0.2, -0.15) is 0 Å². The molecular weight excluding hydrogens is 254 g/mol. The number of hydrogen-bond acceptors (Lipinski definition) is 5. The number of H-pyrrole nitrogens is 1. The van der Waals surface area contributed by atoms with E-state index in [2.05, 4.69) is 20.3 Å². The van der Waals surface area contributed by atoms with Crippen molar-refractivity contribution in [2.45, 2.75) is 6.54 Å². The van der Waals surface area contributed by atoms with Crippen molar-refractivity contribution in [3.05, 3.63) is 58.6 Å². The van der Waals surface area contributed by atoms with Gasteiger partial charge in [-0.25, -0.2) is 4.98 Å². The van der Waals surface area contributed by atoms with Crippen molar-refractivity contribution in [1.82, 2.24) is 15.0 Å². The van der Waals surface area contributed by atoms with Crippen LogP contribution in [0, 0.1) is 0 Å². The molecule has 3 aromatic rings. The lowest BCUT2D eigenvalue weighted by atomic mass is 10.2. The minimum atomic E-state index is -0.238. The Bertz CT molecular complexity index is 798. The maximum Gasteiger partial charge on any atom is 0.260 e. The molecule has 0 atom stereocenters. The quantitative estimate of drug-likeness (QED) is 0.668. The van der Waals surface area contributed by atoms with E-state index in [9.17, 15) is 4.79 Å². The first-order valence-electron chi connectivity index (χ1n) is 6.15. The Labute approximate surface area is 114 Å². The molecule has 0 amide bonds. The van der Waals surface area contributed by atoms with E-state index in [0.717, 1.165) is 11.3 Å². The van der Waals surface area contributed by atoms with E-state index in [1.165, 1.54) is 0 Å². The van der Waals surface area contributed by atoms with Crippen molar-refractivity contribution in [3.63, 3.8) is 0 Å². The smallest absolute Gasteiger partial charge is 0.260 e.